The number of rotatable bonds is 4. The molecule has 0 aromatic heterocycles. The van der Waals surface area contributed by atoms with Crippen LogP contribution in [0, 0.1) is 16.0 Å². The van der Waals surface area contributed by atoms with Gasteiger partial charge in [0, 0.05) is 18.1 Å². The summed E-state index contributed by atoms with van der Waals surface area (Å²) < 4.78 is 0. The van der Waals surface area contributed by atoms with E-state index in [1.165, 1.54) is 31.2 Å². The van der Waals surface area contributed by atoms with E-state index >= 15 is 0 Å². The molecule has 0 amide bonds. The molecule has 0 fully saturated rings. The van der Waals surface area contributed by atoms with Gasteiger partial charge in [0.25, 0.3) is 5.69 Å². The Morgan fingerprint density at radius 2 is 1.88 bits per heavy atom. The van der Waals surface area contributed by atoms with Gasteiger partial charge in [-0.1, -0.05) is 6.92 Å². The molecule has 1 N–H and O–H groups in total. The lowest BCUT2D eigenvalue weighted by molar-refractivity contribution is -0.384. The van der Waals surface area contributed by atoms with Gasteiger partial charge in [0.1, 0.15) is 5.78 Å². The summed E-state index contributed by atoms with van der Waals surface area (Å²) in [5.74, 6) is -0.632. The maximum atomic E-state index is 11.1. The predicted octanol–water partition coefficient (Wildman–Crippen LogP) is 1.85. The van der Waals surface area contributed by atoms with E-state index < -0.39 is 16.9 Å². The van der Waals surface area contributed by atoms with Crippen LogP contribution in [0.25, 0.3) is 0 Å². The third-order valence-corrected chi connectivity index (χ3v) is 2.56. The second-order valence-corrected chi connectivity index (χ2v) is 3.69. The SMILES string of the molecule is CC(=O)[C@@H](C)[C@@H](O)c1ccc([N+](=O)[O-])cc1. The highest BCUT2D eigenvalue weighted by atomic mass is 16.6. The Kier molecular flexibility index (Phi) is 3.73. The third kappa shape index (κ3) is 2.64. The van der Waals surface area contributed by atoms with Crippen molar-refractivity contribution in [2.75, 3.05) is 0 Å². The Hall–Kier alpha value is -1.75. The van der Waals surface area contributed by atoms with Gasteiger partial charge in [0.15, 0.2) is 0 Å². The van der Waals surface area contributed by atoms with E-state index in [1.54, 1.807) is 6.92 Å². The maximum Gasteiger partial charge on any atom is 0.269 e. The van der Waals surface area contributed by atoms with Crippen molar-refractivity contribution in [2.24, 2.45) is 5.92 Å². The number of nitro benzene ring substituents is 1. The Balaban J connectivity index is 2.89. The van der Waals surface area contributed by atoms with Crippen LogP contribution in [-0.4, -0.2) is 15.8 Å². The minimum Gasteiger partial charge on any atom is -0.388 e. The smallest absolute Gasteiger partial charge is 0.269 e. The molecule has 0 aliphatic heterocycles. The average Bonchev–Trinajstić information content (AvgIpc) is 2.27. The molecule has 0 heterocycles. The van der Waals surface area contributed by atoms with Gasteiger partial charge in [-0.05, 0) is 24.6 Å². The van der Waals surface area contributed by atoms with Crippen LogP contribution < -0.4 is 0 Å². The van der Waals surface area contributed by atoms with E-state index in [0.29, 0.717) is 5.56 Å². The molecule has 0 spiro atoms. The molecule has 0 bridgehead atoms. The number of non-ortho nitro benzene ring substituents is 1. The molecule has 0 radical (unpaired) electrons. The number of carbonyl (C=O) groups excluding carboxylic acids is 1. The molecular formula is C11H13NO4. The molecule has 5 nitrogen and oxygen atoms in total. The van der Waals surface area contributed by atoms with Gasteiger partial charge in [-0.2, -0.15) is 0 Å². The fourth-order valence-corrected chi connectivity index (χ4v) is 1.30. The van der Waals surface area contributed by atoms with Gasteiger partial charge in [-0.25, -0.2) is 0 Å². The number of hydrogen-bond acceptors (Lipinski definition) is 4. The normalized spacial score (nSPS) is 14.2. The number of carbonyl (C=O) groups is 1. The Labute approximate surface area is 92.9 Å². The Morgan fingerprint density at radius 1 is 1.38 bits per heavy atom. The first-order valence-corrected chi connectivity index (χ1v) is 4.86. The highest BCUT2D eigenvalue weighted by Gasteiger charge is 2.20. The molecule has 2 atom stereocenters. The van der Waals surface area contributed by atoms with Crippen molar-refractivity contribution in [3.63, 3.8) is 0 Å². The van der Waals surface area contributed by atoms with Gasteiger partial charge >= 0.3 is 0 Å². The first-order chi connectivity index (χ1) is 7.43. The van der Waals surface area contributed by atoms with E-state index in [0.717, 1.165) is 0 Å². The molecule has 5 heteroatoms. The van der Waals surface area contributed by atoms with E-state index in [4.69, 9.17) is 0 Å². The molecular weight excluding hydrogens is 210 g/mol. The van der Waals surface area contributed by atoms with Crippen molar-refractivity contribution >= 4 is 11.5 Å². The molecule has 86 valence electrons. The number of aliphatic hydroxyl groups excluding tert-OH is 1. The minimum atomic E-state index is -0.918. The summed E-state index contributed by atoms with van der Waals surface area (Å²) in [6.45, 7) is 3.02. The quantitative estimate of drug-likeness (QED) is 0.624. The van der Waals surface area contributed by atoms with Crippen LogP contribution in [0.4, 0.5) is 5.69 Å². The molecule has 1 aromatic carbocycles. The summed E-state index contributed by atoms with van der Waals surface area (Å²) in [6, 6.07) is 5.54. The molecule has 0 saturated carbocycles. The predicted molar refractivity (Wildman–Crippen MR) is 57.9 cm³/mol. The number of nitrogens with zero attached hydrogens (tertiary/aromatic N) is 1. The van der Waals surface area contributed by atoms with E-state index in [1.807, 2.05) is 0 Å². The van der Waals surface area contributed by atoms with Crippen LogP contribution in [0.5, 0.6) is 0 Å². The van der Waals surface area contributed by atoms with Crippen molar-refractivity contribution in [1.29, 1.82) is 0 Å². The van der Waals surface area contributed by atoms with Crippen LogP contribution in [0.2, 0.25) is 0 Å². The maximum absolute atomic E-state index is 11.1. The zero-order valence-corrected chi connectivity index (χ0v) is 9.08. The third-order valence-electron chi connectivity index (χ3n) is 2.56. The molecule has 0 aliphatic carbocycles. The first kappa shape index (κ1) is 12.3. The fraction of sp³-hybridized carbons (Fsp3) is 0.364. The van der Waals surface area contributed by atoms with Crippen molar-refractivity contribution < 1.29 is 14.8 Å². The van der Waals surface area contributed by atoms with Crippen molar-refractivity contribution in [3.8, 4) is 0 Å². The summed E-state index contributed by atoms with van der Waals surface area (Å²) in [5.41, 5.74) is 0.472. The standard InChI is InChI=1S/C11H13NO4/c1-7(8(2)13)11(14)9-3-5-10(6-4-9)12(15)16/h3-7,11,14H,1-2H3/t7-,11-/m1/s1. The van der Waals surface area contributed by atoms with Crippen LogP contribution in [0.15, 0.2) is 24.3 Å². The highest BCUT2D eigenvalue weighted by Crippen LogP contribution is 2.24. The fourth-order valence-electron chi connectivity index (χ4n) is 1.30. The molecule has 0 unspecified atom stereocenters. The largest absolute Gasteiger partial charge is 0.388 e. The molecule has 1 aromatic rings. The van der Waals surface area contributed by atoms with Gasteiger partial charge in [0.2, 0.25) is 0 Å². The summed E-state index contributed by atoms with van der Waals surface area (Å²) >= 11 is 0. The number of nitro groups is 1. The zero-order valence-electron chi connectivity index (χ0n) is 9.08. The van der Waals surface area contributed by atoms with Crippen molar-refractivity contribution in [1.82, 2.24) is 0 Å². The summed E-state index contributed by atoms with van der Waals surface area (Å²) in [6.07, 6.45) is -0.918. The second kappa shape index (κ2) is 4.85. The number of Topliss-reactive ketones (excluding diaryl/α,β-unsaturated/α-hetero) is 1. The van der Waals surface area contributed by atoms with Crippen LogP contribution in [-0.2, 0) is 4.79 Å². The first-order valence-electron chi connectivity index (χ1n) is 4.86. The molecule has 16 heavy (non-hydrogen) atoms. The highest BCUT2D eigenvalue weighted by molar-refractivity contribution is 5.78. The lowest BCUT2D eigenvalue weighted by Gasteiger charge is -2.16. The van der Waals surface area contributed by atoms with Crippen LogP contribution in [0.1, 0.15) is 25.5 Å². The number of hydrogen-bond donors (Lipinski definition) is 1. The number of aliphatic hydroxyl groups is 1. The zero-order chi connectivity index (χ0) is 12.3. The number of benzene rings is 1. The van der Waals surface area contributed by atoms with Crippen LogP contribution >= 0.6 is 0 Å². The van der Waals surface area contributed by atoms with E-state index in [-0.39, 0.29) is 11.5 Å². The molecule has 1 rings (SSSR count). The van der Waals surface area contributed by atoms with E-state index in [2.05, 4.69) is 0 Å². The average molecular weight is 223 g/mol. The van der Waals surface area contributed by atoms with Crippen molar-refractivity contribution in [3.05, 3.63) is 39.9 Å². The lowest BCUT2D eigenvalue weighted by atomic mass is 9.94. The molecule has 0 aliphatic rings. The summed E-state index contributed by atoms with van der Waals surface area (Å²) in [7, 11) is 0. The topological polar surface area (TPSA) is 80.4 Å². The molecule has 0 saturated heterocycles. The van der Waals surface area contributed by atoms with E-state index in [9.17, 15) is 20.0 Å². The summed E-state index contributed by atoms with van der Waals surface area (Å²) in [5, 5.41) is 20.2. The second-order valence-electron chi connectivity index (χ2n) is 3.69. The van der Waals surface area contributed by atoms with Gasteiger partial charge < -0.3 is 5.11 Å². The monoisotopic (exact) mass is 223 g/mol. The summed E-state index contributed by atoms with van der Waals surface area (Å²) in [4.78, 5) is 21.0. The van der Waals surface area contributed by atoms with Gasteiger partial charge in [-0.15, -0.1) is 0 Å². The lowest BCUT2D eigenvalue weighted by Crippen LogP contribution is -2.16. The van der Waals surface area contributed by atoms with Crippen molar-refractivity contribution in [2.45, 2.75) is 20.0 Å². The Morgan fingerprint density at radius 3 is 2.25 bits per heavy atom. The number of ketones is 1. The van der Waals surface area contributed by atoms with Gasteiger partial charge in [-0.3, -0.25) is 14.9 Å². The van der Waals surface area contributed by atoms with Gasteiger partial charge in [0.05, 0.1) is 11.0 Å². The van der Waals surface area contributed by atoms with Crippen LogP contribution in [0.3, 0.4) is 0 Å². The minimum absolute atomic E-state index is 0.0357. The Bertz CT molecular complexity index is 399.